The molecular formula is C12H14N2O4. The van der Waals surface area contributed by atoms with Crippen LogP contribution in [0.3, 0.4) is 0 Å². The SMILES string of the molecule is CC1(C)CC1Nc1ccc(C(=O)O)cc1[N+](=O)[O-]. The lowest BCUT2D eigenvalue weighted by atomic mass is 10.1. The van der Waals surface area contributed by atoms with Gasteiger partial charge in [-0.1, -0.05) is 13.8 Å². The van der Waals surface area contributed by atoms with E-state index in [1.165, 1.54) is 12.1 Å². The van der Waals surface area contributed by atoms with E-state index in [9.17, 15) is 14.9 Å². The topological polar surface area (TPSA) is 92.5 Å². The average Bonchev–Trinajstić information content (AvgIpc) is 2.85. The molecule has 2 rings (SSSR count). The Balaban J connectivity index is 2.29. The molecule has 6 heteroatoms. The summed E-state index contributed by atoms with van der Waals surface area (Å²) >= 11 is 0. The molecule has 0 bridgehead atoms. The highest BCUT2D eigenvalue weighted by Gasteiger charge is 2.46. The predicted octanol–water partition coefficient (Wildman–Crippen LogP) is 2.50. The Bertz CT molecular complexity index is 525. The van der Waals surface area contributed by atoms with Crippen molar-refractivity contribution in [2.75, 3.05) is 5.32 Å². The number of nitro benzene ring substituents is 1. The maximum atomic E-state index is 10.9. The summed E-state index contributed by atoms with van der Waals surface area (Å²) in [5, 5.41) is 22.8. The summed E-state index contributed by atoms with van der Waals surface area (Å²) < 4.78 is 0. The molecule has 96 valence electrons. The Hall–Kier alpha value is -2.11. The Morgan fingerprint density at radius 3 is 2.61 bits per heavy atom. The maximum Gasteiger partial charge on any atom is 0.335 e. The summed E-state index contributed by atoms with van der Waals surface area (Å²) in [6.07, 6.45) is 0.949. The number of carboxylic acid groups (broad SMARTS) is 1. The van der Waals surface area contributed by atoms with Gasteiger partial charge in [-0.05, 0) is 24.0 Å². The Kier molecular flexibility index (Phi) is 2.73. The highest BCUT2D eigenvalue weighted by molar-refractivity contribution is 5.89. The van der Waals surface area contributed by atoms with E-state index < -0.39 is 10.9 Å². The van der Waals surface area contributed by atoms with Gasteiger partial charge in [-0.2, -0.15) is 0 Å². The van der Waals surface area contributed by atoms with Crippen LogP contribution in [-0.4, -0.2) is 22.0 Å². The normalized spacial score (nSPS) is 20.2. The highest BCUT2D eigenvalue weighted by atomic mass is 16.6. The number of aromatic carboxylic acids is 1. The number of hydrogen-bond acceptors (Lipinski definition) is 4. The molecule has 0 amide bonds. The summed E-state index contributed by atoms with van der Waals surface area (Å²) in [7, 11) is 0. The molecule has 1 aliphatic rings. The first-order valence-corrected chi connectivity index (χ1v) is 5.59. The predicted molar refractivity (Wildman–Crippen MR) is 65.9 cm³/mol. The molecular weight excluding hydrogens is 236 g/mol. The zero-order valence-electron chi connectivity index (χ0n) is 10.1. The number of carbonyl (C=O) groups is 1. The highest BCUT2D eigenvalue weighted by Crippen LogP contribution is 2.47. The van der Waals surface area contributed by atoms with Gasteiger partial charge in [0.2, 0.25) is 0 Å². The van der Waals surface area contributed by atoms with Crippen molar-refractivity contribution in [2.24, 2.45) is 5.41 Å². The molecule has 18 heavy (non-hydrogen) atoms. The quantitative estimate of drug-likeness (QED) is 0.632. The zero-order chi connectivity index (χ0) is 13.5. The van der Waals surface area contributed by atoms with Crippen molar-refractivity contribution in [1.82, 2.24) is 0 Å². The summed E-state index contributed by atoms with van der Waals surface area (Å²) in [5.41, 5.74) is 0.236. The molecule has 1 saturated carbocycles. The van der Waals surface area contributed by atoms with Crippen LogP contribution in [-0.2, 0) is 0 Å². The standard InChI is InChI=1S/C12H14N2O4/c1-12(2)6-10(12)13-8-4-3-7(11(15)16)5-9(8)14(17)18/h3-5,10,13H,6H2,1-2H3,(H,15,16). The number of anilines is 1. The number of rotatable bonds is 4. The van der Waals surface area contributed by atoms with E-state index in [0.29, 0.717) is 5.69 Å². The van der Waals surface area contributed by atoms with Crippen molar-refractivity contribution in [3.8, 4) is 0 Å². The monoisotopic (exact) mass is 250 g/mol. The molecule has 1 aromatic carbocycles. The van der Waals surface area contributed by atoms with Crippen LogP contribution in [0, 0.1) is 15.5 Å². The summed E-state index contributed by atoms with van der Waals surface area (Å²) in [6.45, 7) is 4.14. The molecule has 0 aromatic heterocycles. The van der Waals surface area contributed by atoms with Gasteiger partial charge >= 0.3 is 5.97 Å². The molecule has 0 aliphatic heterocycles. The van der Waals surface area contributed by atoms with Crippen LogP contribution in [0.15, 0.2) is 18.2 Å². The zero-order valence-corrected chi connectivity index (χ0v) is 10.1. The van der Waals surface area contributed by atoms with Gasteiger partial charge in [0.1, 0.15) is 5.69 Å². The number of nitrogens with one attached hydrogen (secondary N) is 1. The molecule has 1 aromatic rings. The molecule has 0 spiro atoms. The second-order valence-corrected chi connectivity index (χ2v) is 5.18. The third-order valence-electron chi connectivity index (χ3n) is 3.28. The third-order valence-corrected chi connectivity index (χ3v) is 3.28. The van der Waals surface area contributed by atoms with Crippen LogP contribution in [0.5, 0.6) is 0 Å². The van der Waals surface area contributed by atoms with Crippen LogP contribution in [0.2, 0.25) is 0 Å². The van der Waals surface area contributed by atoms with Crippen LogP contribution in [0.25, 0.3) is 0 Å². The second-order valence-electron chi connectivity index (χ2n) is 5.18. The molecule has 0 heterocycles. The third kappa shape index (κ3) is 2.27. The molecule has 1 aliphatic carbocycles. The van der Waals surface area contributed by atoms with E-state index in [1.807, 2.05) is 0 Å². The van der Waals surface area contributed by atoms with Crippen molar-refractivity contribution in [1.29, 1.82) is 0 Å². The molecule has 2 N–H and O–H groups in total. The van der Waals surface area contributed by atoms with Crippen molar-refractivity contribution in [3.05, 3.63) is 33.9 Å². The maximum absolute atomic E-state index is 10.9. The minimum absolute atomic E-state index is 0.0812. The first-order valence-electron chi connectivity index (χ1n) is 5.59. The first kappa shape index (κ1) is 12.3. The van der Waals surface area contributed by atoms with Crippen molar-refractivity contribution in [3.63, 3.8) is 0 Å². The minimum Gasteiger partial charge on any atom is -0.478 e. The number of benzene rings is 1. The number of hydrogen-bond donors (Lipinski definition) is 2. The van der Waals surface area contributed by atoms with E-state index in [2.05, 4.69) is 19.2 Å². The van der Waals surface area contributed by atoms with Crippen LogP contribution in [0.4, 0.5) is 11.4 Å². The Morgan fingerprint density at radius 1 is 1.56 bits per heavy atom. The lowest BCUT2D eigenvalue weighted by molar-refractivity contribution is -0.384. The molecule has 1 fully saturated rings. The van der Waals surface area contributed by atoms with Gasteiger partial charge in [0.25, 0.3) is 5.69 Å². The first-order chi connectivity index (χ1) is 8.31. The van der Waals surface area contributed by atoms with E-state index in [4.69, 9.17) is 5.11 Å². The summed E-state index contributed by atoms with van der Waals surface area (Å²) in [6, 6.07) is 4.11. The van der Waals surface area contributed by atoms with Gasteiger partial charge in [0, 0.05) is 12.1 Å². The van der Waals surface area contributed by atoms with Gasteiger partial charge in [-0.25, -0.2) is 4.79 Å². The van der Waals surface area contributed by atoms with Crippen molar-refractivity contribution >= 4 is 17.3 Å². The number of nitrogens with zero attached hydrogens (tertiary/aromatic N) is 1. The molecule has 1 unspecified atom stereocenters. The van der Waals surface area contributed by atoms with Gasteiger partial charge in [-0.3, -0.25) is 10.1 Å². The van der Waals surface area contributed by atoms with Gasteiger partial charge in [0.15, 0.2) is 0 Å². The van der Waals surface area contributed by atoms with E-state index in [-0.39, 0.29) is 22.7 Å². The largest absolute Gasteiger partial charge is 0.478 e. The summed E-state index contributed by atoms with van der Waals surface area (Å²) in [5.74, 6) is -1.17. The Labute approximate surface area is 104 Å². The van der Waals surface area contributed by atoms with Gasteiger partial charge < -0.3 is 10.4 Å². The number of carboxylic acids is 1. The smallest absolute Gasteiger partial charge is 0.335 e. The number of nitro groups is 1. The van der Waals surface area contributed by atoms with Crippen molar-refractivity contribution in [2.45, 2.75) is 26.3 Å². The fourth-order valence-electron chi connectivity index (χ4n) is 1.84. The van der Waals surface area contributed by atoms with Crippen molar-refractivity contribution < 1.29 is 14.8 Å². The van der Waals surface area contributed by atoms with E-state index in [0.717, 1.165) is 12.5 Å². The van der Waals surface area contributed by atoms with E-state index in [1.54, 1.807) is 0 Å². The Morgan fingerprint density at radius 2 is 2.17 bits per heavy atom. The van der Waals surface area contributed by atoms with Crippen LogP contribution >= 0.6 is 0 Å². The van der Waals surface area contributed by atoms with Crippen LogP contribution in [0.1, 0.15) is 30.6 Å². The average molecular weight is 250 g/mol. The van der Waals surface area contributed by atoms with Crippen LogP contribution < -0.4 is 5.32 Å². The van der Waals surface area contributed by atoms with Gasteiger partial charge in [0.05, 0.1) is 10.5 Å². The molecule has 6 nitrogen and oxygen atoms in total. The molecule has 1 atom stereocenters. The molecule has 0 saturated heterocycles. The van der Waals surface area contributed by atoms with Gasteiger partial charge in [-0.15, -0.1) is 0 Å². The lowest BCUT2D eigenvalue weighted by Gasteiger charge is -2.09. The lowest BCUT2D eigenvalue weighted by Crippen LogP contribution is -2.10. The molecule has 0 radical (unpaired) electrons. The second kappa shape index (κ2) is 3.97. The minimum atomic E-state index is -1.17. The summed E-state index contributed by atoms with van der Waals surface area (Å²) in [4.78, 5) is 21.1. The fraction of sp³-hybridized carbons (Fsp3) is 0.417. The van der Waals surface area contributed by atoms with E-state index >= 15 is 0 Å². The fourth-order valence-corrected chi connectivity index (χ4v) is 1.84.